The van der Waals surface area contributed by atoms with Crippen LogP contribution >= 0.6 is 11.5 Å². The smallest absolute Gasteiger partial charge is 0.238 e. The van der Waals surface area contributed by atoms with Crippen molar-refractivity contribution in [2.24, 2.45) is 5.14 Å². The summed E-state index contributed by atoms with van der Waals surface area (Å²) in [6, 6.07) is 4.36. The van der Waals surface area contributed by atoms with Gasteiger partial charge in [0.05, 0.1) is 29.9 Å². The van der Waals surface area contributed by atoms with Crippen LogP contribution in [0.2, 0.25) is 0 Å². The van der Waals surface area contributed by atoms with Gasteiger partial charge in [0.25, 0.3) is 0 Å². The summed E-state index contributed by atoms with van der Waals surface area (Å²) in [6.07, 6.45) is 0. The molecule has 2 aromatic rings. The third-order valence-corrected chi connectivity index (χ3v) is 3.83. The molecule has 0 aliphatic heterocycles. The van der Waals surface area contributed by atoms with E-state index in [2.05, 4.69) is 14.9 Å². The second-order valence-corrected chi connectivity index (χ2v) is 5.83. The summed E-state index contributed by atoms with van der Waals surface area (Å²) in [4.78, 5) is 0.0206. The fourth-order valence-corrected chi connectivity index (χ4v) is 2.44. The van der Waals surface area contributed by atoms with Gasteiger partial charge in [0.15, 0.2) is 0 Å². The number of methoxy groups -OCH3 is 1. The topological polar surface area (TPSA) is 107 Å². The van der Waals surface area contributed by atoms with Crippen LogP contribution in [-0.2, 0) is 16.6 Å². The number of sulfonamides is 1. The van der Waals surface area contributed by atoms with Crippen molar-refractivity contribution in [1.82, 2.24) is 9.59 Å². The molecule has 0 bridgehead atoms. The number of aromatic nitrogens is 2. The van der Waals surface area contributed by atoms with E-state index in [4.69, 9.17) is 9.88 Å². The maximum Gasteiger partial charge on any atom is 0.238 e. The molecule has 0 spiro atoms. The van der Waals surface area contributed by atoms with Crippen LogP contribution in [0.25, 0.3) is 0 Å². The number of benzene rings is 1. The first kappa shape index (κ1) is 13.7. The second-order valence-electron chi connectivity index (χ2n) is 3.66. The minimum atomic E-state index is -3.74. The van der Waals surface area contributed by atoms with Gasteiger partial charge in [-0.05, 0) is 29.7 Å². The van der Waals surface area contributed by atoms with E-state index in [1.165, 1.54) is 30.8 Å². The molecule has 0 atom stereocenters. The summed E-state index contributed by atoms with van der Waals surface area (Å²) in [5, 5.41) is 13.8. The molecule has 1 aromatic carbocycles. The van der Waals surface area contributed by atoms with Crippen molar-refractivity contribution >= 4 is 27.2 Å². The van der Waals surface area contributed by atoms with Crippen LogP contribution in [-0.4, -0.2) is 25.1 Å². The Balaban J connectivity index is 2.26. The van der Waals surface area contributed by atoms with Crippen molar-refractivity contribution in [2.75, 3.05) is 12.4 Å². The highest BCUT2D eigenvalue weighted by molar-refractivity contribution is 7.89. The summed E-state index contributed by atoms with van der Waals surface area (Å²) < 4.78 is 31.5. The largest absolute Gasteiger partial charge is 0.495 e. The lowest BCUT2D eigenvalue weighted by molar-refractivity contribution is 0.416. The van der Waals surface area contributed by atoms with Gasteiger partial charge < -0.3 is 10.1 Å². The van der Waals surface area contributed by atoms with E-state index in [0.29, 0.717) is 18.0 Å². The van der Waals surface area contributed by atoms with Gasteiger partial charge in [0, 0.05) is 5.38 Å². The molecule has 0 unspecified atom stereocenters. The normalized spacial score (nSPS) is 11.3. The number of hydrogen-bond donors (Lipinski definition) is 2. The van der Waals surface area contributed by atoms with Crippen molar-refractivity contribution in [2.45, 2.75) is 11.4 Å². The third kappa shape index (κ3) is 3.40. The lowest BCUT2D eigenvalue weighted by atomic mass is 10.3. The first-order valence-electron chi connectivity index (χ1n) is 5.21. The van der Waals surface area contributed by atoms with E-state index in [-0.39, 0.29) is 4.90 Å². The molecule has 0 aliphatic rings. The van der Waals surface area contributed by atoms with Gasteiger partial charge in [0.2, 0.25) is 10.0 Å². The zero-order chi connectivity index (χ0) is 13.9. The molecule has 9 heteroatoms. The lowest BCUT2D eigenvalue weighted by Crippen LogP contribution is -2.13. The molecule has 1 aromatic heterocycles. The molecular weight excluding hydrogens is 288 g/mol. The SMILES string of the molecule is COc1ccc(S(N)(=O)=O)cc1NCc1csnn1. The minimum absolute atomic E-state index is 0.0206. The zero-order valence-corrected chi connectivity index (χ0v) is 11.7. The van der Waals surface area contributed by atoms with E-state index < -0.39 is 10.0 Å². The van der Waals surface area contributed by atoms with Gasteiger partial charge in [-0.3, -0.25) is 0 Å². The zero-order valence-electron chi connectivity index (χ0n) is 10.0. The van der Waals surface area contributed by atoms with Crippen molar-refractivity contribution in [1.29, 1.82) is 0 Å². The predicted octanol–water partition coefficient (Wildman–Crippen LogP) is 0.806. The molecule has 0 saturated carbocycles. The monoisotopic (exact) mass is 300 g/mol. The molecule has 1 heterocycles. The third-order valence-electron chi connectivity index (χ3n) is 2.36. The Labute approximate surface area is 114 Å². The van der Waals surface area contributed by atoms with Crippen LogP contribution in [0.3, 0.4) is 0 Å². The van der Waals surface area contributed by atoms with E-state index in [9.17, 15) is 8.42 Å². The van der Waals surface area contributed by atoms with Crippen LogP contribution in [0.5, 0.6) is 5.75 Å². The average molecular weight is 300 g/mol. The number of nitrogens with zero attached hydrogens (tertiary/aromatic N) is 2. The highest BCUT2D eigenvalue weighted by Crippen LogP contribution is 2.27. The lowest BCUT2D eigenvalue weighted by Gasteiger charge is -2.11. The van der Waals surface area contributed by atoms with Crippen LogP contribution in [0.4, 0.5) is 5.69 Å². The Morgan fingerprint density at radius 1 is 1.47 bits per heavy atom. The molecule has 2 rings (SSSR count). The number of primary sulfonamides is 1. The number of ether oxygens (including phenoxy) is 1. The highest BCUT2D eigenvalue weighted by Gasteiger charge is 2.12. The van der Waals surface area contributed by atoms with Crippen LogP contribution in [0, 0.1) is 0 Å². The van der Waals surface area contributed by atoms with Crippen molar-refractivity contribution in [3.63, 3.8) is 0 Å². The summed E-state index contributed by atoms with van der Waals surface area (Å²) in [5.41, 5.74) is 1.29. The Kier molecular flexibility index (Phi) is 3.98. The summed E-state index contributed by atoms with van der Waals surface area (Å²) in [6.45, 7) is 0.418. The molecule has 0 saturated heterocycles. The fourth-order valence-electron chi connectivity index (χ4n) is 1.45. The van der Waals surface area contributed by atoms with Gasteiger partial charge in [-0.1, -0.05) is 4.49 Å². The maximum atomic E-state index is 11.3. The fraction of sp³-hybridized carbons (Fsp3) is 0.200. The summed E-state index contributed by atoms with van der Waals surface area (Å²) >= 11 is 1.24. The molecular formula is C10H12N4O3S2. The van der Waals surface area contributed by atoms with E-state index in [1.807, 2.05) is 0 Å². The number of anilines is 1. The maximum absolute atomic E-state index is 11.3. The molecule has 0 radical (unpaired) electrons. The first-order valence-corrected chi connectivity index (χ1v) is 7.59. The first-order chi connectivity index (χ1) is 9.00. The van der Waals surface area contributed by atoms with Crippen LogP contribution in [0.15, 0.2) is 28.5 Å². The van der Waals surface area contributed by atoms with Crippen LogP contribution < -0.4 is 15.2 Å². The minimum Gasteiger partial charge on any atom is -0.495 e. The summed E-state index contributed by atoms with van der Waals surface area (Å²) in [5.74, 6) is 0.524. The molecule has 0 fully saturated rings. The Bertz CT molecular complexity index is 655. The van der Waals surface area contributed by atoms with Crippen molar-refractivity contribution in [3.05, 3.63) is 29.3 Å². The van der Waals surface area contributed by atoms with Gasteiger partial charge in [-0.15, -0.1) is 5.10 Å². The molecule has 19 heavy (non-hydrogen) atoms. The van der Waals surface area contributed by atoms with Crippen LogP contribution in [0.1, 0.15) is 5.69 Å². The second kappa shape index (κ2) is 5.51. The van der Waals surface area contributed by atoms with Gasteiger partial charge >= 0.3 is 0 Å². The van der Waals surface area contributed by atoms with Gasteiger partial charge in [-0.2, -0.15) is 0 Å². The number of rotatable bonds is 5. The number of hydrogen-bond acceptors (Lipinski definition) is 7. The molecule has 3 N–H and O–H groups in total. The molecule has 0 amide bonds. The van der Waals surface area contributed by atoms with Crippen molar-refractivity contribution in [3.8, 4) is 5.75 Å². The highest BCUT2D eigenvalue weighted by atomic mass is 32.2. The standard InChI is InChI=1S/C10H12N4O3S2/c1-17-10-3-2-8(19(11,15)16)4-9(10)12-5-7-6-18-14-13-7/h2-4,6,12H,5H2,1H3,(H2,11,15,16). The van der Waals surface area contributed by atoms with E-state index in [0.717, 1.165) is 5.69 Å². The molecule has 102 valence electrons. The Morgan fingerprint density at radius 3 is 2.84 bits per heavy atom. The van der Waals surface area contributed by atoms with E-state index >= 15 is 0 Å². The van der Waals surface area contributed by atoms with Gasteiger partial charge in [0.1, 0.15) is 5.75 Å². The average Bonchev–Trinajstić information content (AvgIpc) is 2.88. The van der Waals surface area contributed by atoms with Crippen molar-refractivity contribution < 1.29 is 13.2 Å². The number of nitrogens with one attached hydrogen (secondary N) is 1. The summed E-state index contributed by atoms with van der Waals surface area (Å²) in [7, 11) is -2.24. The number of nitrogens with two attached hydrogens (primary N) is 1. The Hall–Kier alpha value is -1.71. The van der Waals surface area contributed by atoms with E-state index in [1.54, 1.807) is 11.4 Å². The molecule has 7 nitrogen and oxygen atoms in total. The predicted molar refractivity (Wildman–Crippen MR) is 71.6 cm³/mol. The molecule has 0 aliphatic carbocycles. The Morgan fingerprint density at radius 2 is 2.26 bits per heavy atom. The quantitative estimate of drug-likeness (QED) is 0.846. The van der Waals surface area contributed by atoms with Gasteiger partial charge in [-0.25, -0.2) is 13.6 Å².